The fourth-order valence-electron chi connectivity index (χ4n) is 1.99. The van der Waals surface area contributed by atoms with Gasteiger partial charge in [0, 0.05) is 28.8 Å². The van der Waals surface area contributed by atoms with E-state index in [0.29, 0.717) is 10.4 Å². The predicted octanol–water partition coefficient (Wildman–Crippen LogP) is 2.43. The zero-order chi connectivity index (χ0) is 15.4. The van der Waals surface area contributed by atoms with E-state index in [4.69, 9.17) is 4.74 Å². The molecule has 0 saturated heterocycles. The molecule has 22 heavy (non-hydrogen) atoms. The summed E-state index contributed by atoms with van der Waals surface area (Å²) in [6.07, 6.45) is 1.53. The number of hydrogen-bond acceptors (Lipinski definition) is 6. The van der Waals surface area contributed by atoms with E-state index in [-0.39, 0.29) is 5.56 Å². The second-order valence-corrected chi connectivity index (χ2v) is 6.96. The Morgan fingerprint density at radius 3 is 2.91 bits per heavy atom. The number of thioether (sulfide) groups is 2. The number of aromatic amines is 1. The highest BCUT2D eigenvalue weighted by Crippen LogP contribution is 2.30. The molecule has 1 aliphatic rings. The Morgan fingerprint density at radius 1 is 1.36 bits per heavy atom. The van der Waals surface area contributed by atoms with Crippen LogP contribution in [0.5, 0.6) is 5.75 Å². The first kappa shape index (κ1) is 15.2. The molecule has 0 radical (unpaired) electrons. The van der Waals surface area contributed by atoms with Crippen molar-refractivity contribution >= 4 is 28.6 Å². The molecule has 2 aromatic rings. The average Bonchev–Trinajstić information content (AvgIpc) is 3.02. The summed E-state index contributed by atoms with van der Waals surface area (Å²) >= 11 is 3.32. The van der Waals surface area contributed by atoms with E-state index in [1.54, 1.807) is 30.6 Å². The lowest BCUT2D eigenvalue weighted by atomic mass is 10.2. The van der Waals surface area contributed by atoms with Gasteiger partial charge in [-0.15, -0.1) is 11.8 Å². The molecule has 0 fully saturated rings. The molecule has 2 heterocycles. The molecular weight excluding hydrogens is 318 g/mol. The third-order valence-electron chi connectivity index (χ3n) is 3.11. The van der Waals surface area contributed by atoms with Crippen LogP contribution >= 0.6 is 23.5 Å². The highest BCUT2D eigenvalue weighted by molar-refractivity contribution is 8.16. The van der Waals surface area contributed by atoms with E-state index in [2.05, 4.69) is 15.0 Å². The van der Waals surface area contributed by atoms with Crippen LogP contribution in [-0.2, 0) is 0 Å². The number of benzene rings is 1. The largest absolute Gasteiger partial charge is 0.497 e. The van der Waals surface area contributed by atoms with Gasteiger partial charge in [0.15, 0.2) is 5.16 Å². The Morgan fingerprint density at radius 2 is 2.18 bits per heavy atom. The van der Waals surface area contributed by atoms with Crippen LogP contribution in [0.2, 0.25) is 0 Å². The number of aliphatic imine (C=N–C) groups is 1. The minimum absolute atomic E-state index is 0.119. The Labute approximate surface area is 136 Å². The third kappa shape index (κ3) is 3.72. The van der Waals surface area contributed by atoms with Gasteiger partial charge in [-0.25, -0.2) is 4.98 Å². The van der Waals surface area contributed by atoms with Crippen molar-refractivity contribution in [2.24, 2.45) is 4.99 Å². The SMILES string of the molecule is COc1ccc(C2=NC[C@@H](CSc3nccc(=O)[nH]3)S2)cc1. The summed E-state index contributed by atoms with van der Waals surface area (Å²) in [6.45, 7) is 0.788. The molecule has 3 rings (SSSR count). The molecule has 7 heteroatoms. The van der Waals surface area contributed by atoms with Crippen LogP contribution in [0.15, 0.2) is 51.5 Å². The smallest absolute Gasteiger partial charge is 0.251 e. The van der Waals surface area contributed by atoms with Gasteiger partial charge in [-0.2, -0.15) is 0 Å². The summed E-state index contributed by atoms with van der Waals surface area (Å²) in [5.74, 6) is 1.71. The van der Waals surface area contributed by atoms with Crippen LogP contribution in [0.4, 0.5) is 0 Å². The van der Waals surface area contributed by atoms with E-state index >= 15 is 0 Å². The summed E-state index contributed by atoms with van der Waals surface area (Å²) in [5, 5.41) is 2.11. The molecule has 1 aliphatic heterocycles. The van der Waals surface area contributed by atoms with E-state index in [0.717, 1.165) is 28.7 Å². The summed E-state index contributed by atoms with van der Waals surface area (Å²) in [5.41, 5.74) is 0.997. The molecule has 1 atom stereocenters. The fourth-order valence-corrected chi connectivity index (χ4v) is 4.11. The van der Waals surface area contributed by atoms with Gasteiger partial charge in [-0.3, -0.25) is 9.79 Å². The standard InChI is InChI=1S/C15H15N3O2S2/c1-20-11-4-2-10(3-5-11)14-17-8-12(22-14)9-21-15-16-7-6-13(19)18-15/h2-7,12H,8-9H2,1H3,(H,16,18,19)/t12-/m0/s1. The maximum absolute atomic E-state index is 11.2. The van der Waals surface area contributed by atoms with E-state index in [9.17, 15) is 4.79 Å². The van der Waals surface area contributed by atoms with Gasteiger partial charge in [-0.05, 0) is 24.3 Å². The first-order chi connectivity index (χ1) is 10.7. The van der Waals surface area contributed by atoms with Crippen molar-refractivity contribution in [2.75, 3.05) is 19.4 Å². The van der Waals surface area contributed by atoms with Crippen molar-refractivity contribution in [3.8, 4) is 5.75 Å². The van der Waals surface area contributed by atoms with Crippen molar-refractivity contribution in [3.63, 3.8) is 0 Å². The van der Waals surface area contributed by atoms with Gasteiger partial charge in [0.2, 0.25) is 0 Å². The van der Waals surface area contributed by atoms with Crippen LogP contribution in [-0.4, -0.2) is 39.7 Å². The number of methoxy groups -OCH3 is 1. The van der Waals surface area contributed by atoms with Gasteiger partial charge < -0.3 is 9.72 Å². The minimum atomic E-state index is -0.119. The molecule has 114 valence electrons. The lowest BCUT2D eigenvalue weighted by molar-refractivity contribution is 0.415. The number of H-pyrrole nitrogens is 1. The van der Waals surface area contributed by atoms with E-state index in [1.807, 2.05) is 24.3 Å². The highest BCUT2D eigenvalue weighted by Gasteiger charge is 2.21. The molecule has 0 unspecified atom stereocenters. The van der Waals surface area contributed by atoms with Crippen LogP contribution in [0.3, 0.4) is 0 Å². The number of nitrogens with zero attached hydrogens (tertiary/aromatic N) is 2. The number of rotatable bonds is 5. The first-order valence-corrected chi connectivity index (χ1v) is 8.65. The highest BCUT2D eigenvalue weighted by atomic mass is 32.2. The molecule has 5 nitrogen and oxygen atoms in total. The van der Waals surface area contributed by atoms with Crippen LogP contribution < -0.4 is 10.3 Å². The van der Waals surface area contributed by atoms with Crippen LogP contribution in [0, 0.1) is 0 Å². The number of aromatic nitrogens is 2. The molecular formula is C15H15N3O2S2. The summed E-state index contributed by atoms with van der Waals surface area (Å²) < 4.78 is 5.16. The van der Waals surface area contributed by atoms with Gasteiger partial charge in [-0.1, -0.05) is 11.8 Å². The Kier molecular flexibility index (Phi) is 4.84. The van der Waals surface area contributed by atoms with Crippen molar-refractivity contribution in [2.45, 2.75) is 10.4 Å². The Balaban J connectivity index is 1.56. The molecule has 1 aromatic carbocycles. The predicted molar refractivity (Wildman–Crippen MR) is 91.4 cm³/mol. The monoisotopic (exact) mass is 333 g/mol. The molecule has 0 saturated carbocycles. The Hall–Kier alpha value is -1.73. The second kappa shape index (κ2) is 7.02. The van der Waals surface area contributed by atoms with Crippen molar-refractivity contribution in [1.82, 2.24) is 9.97 Å². The van der Waals surface area contributed by atoms with Crippen molar-refractivity contribution < 1.29 is 4.74 Å². The van der Waals surface area contributed by atoms with Crippen LogP contribution in [0.25, 0.3) is 0 Å². The summed E-state index contributed by atoms with van der Waals surface area (Å²) in [6, 6.07) is 9.35. The van der Waals surface area contributed by atoms with E-state index < -0.39 is 0 Å². The van der Waals surface area contributed by atoms with Crippen molar-refractivity contribution in [3.05, 3.63) is 52.4 Å². The molecule has 0 amide bonds. The molecule has 1 N–H and O–H groups in total. The maximum Gasteiger partial charge on any atom is 0.251 e. The summed E-state index contributed by atoms with van der Waals surface area (Å²) in [4.78, 5) is 22.7. The van der Waals surface area contributed by atoms with Gasteiger partial charge in [0.05, 0.1) is 18.7 Å². The van der Waals surface area contributed by atoms with E-state index in [1.165, 1.54) is 12.3 Å². The molecule has 0 spiro atoms. The minimum Gasteiger partial charge on any atom is -0.497 e. The first-order valence-electron chi connectivity index (χ1n) is 6.78. The van der Waals surface area contributed by atoms with Crippen LogP contribution in [0.1, 0.15) is 5.56 Å². The van der Waals surface area contributed by atoms with Gasteiger partial charge in [0.25, 0.3) is 5.56 Å². The van der Waals surface area contributed by atoms with Gasteiger partial charge >= 0.3 is 0 Å². The average molecular weight is 333 g/mol. The molecule has 0 bridgehead atoms. The number of ether oxygens (including phenoxy) is 1. The number of nitrogens with one attached hydrogen (secondary N) is 1. The lowest BCUT2D eigenvalue weighted by Crippen LogP contribution is -2.10. The second-order valence-electron chi connectivity index (χ2n) is 4.66. The normalized spacial score (nSPS) is 17.3. The quantitative estimate of drug-likeness (QED) is 0.672. The maximum atomic E-state index is 11.2. The molecule has 1 aromatic heterocycles. The fraction of sp³-hybridized carbons (Fsp3) is 0.267. The lowest BCUT2D eigenvalue weighted by Gasteiger charge is -2.07. The molecule has 0 aliphatic carbocycles. The topological polar surface area (TPSA) is 67.3 Å². The number of hydrogen-bond donors (Lipinski definition) is 1. The van der Waals surface area contributed by atoms with Gasteiger partial charge in [0.1, 0.15) is 5.75 Å². The Bertz CT molecular complexity index is 728. The summed E-state index contributed by atoms with van der Waals surface area (Å²) in [7, 11) is 1.66. The zero-order valence-corrected chi connectivity index (χ0v) is 13.6. The zero-order valence-electron chi connectivity index (χ0n) is 12.0. The third-order valence-corrected chi connectivity index (χ3v) is 5.61. The van der Waals surface area contributed by atoms with Crippen molar-refractivity contribution in [1.29, 1.82) is 0 Å².